The lowest BCUT2D eigenvalue weighted by atomic mass is 10.2. The Labute approximate surface area is 202 Å². The van der Waals surface area contributed by atoms with Crippen molar-refractivity contribution in [2.24, 2.45) is 5.10 Å². The lowest BCUT2D eigenvalue weighted by Gasteiger charge is -2.11. The summed E-state index contributed by atoms with van der Waals surface area (Å²) in [7, 11) is 0. The summed E-state index contributed by atoms with van der Waals surface area (Å²) in [6.07, 6.45) is 1.42. The molecular weight excluding hydrogens is 482 g/mol. The number of amides is 1. The largest absolute Gasteiger partial charge is 0.490 e. The van der Waals surface area contributed by atoms with E-state index < -0.39 is 10.9 Å². The molecule has 0 aliphatic carbocycles. The molecule has 0 aliphatic rings. The lowest BCUT2D eigenvalue weighted by molar-refractivity contribution is -0.384. The Balaban J connectivity index is 1.62. The molecule has 1 heterocycles. The monoisotopic (exact) mass is 501 g/mol. The highest BCUT2D eigenvalue weighted by Crippen LogP contribution is 2.29. The number of nitrogens with one attached hydrogen (secondary N) is 1. The molecule has 176 valence electrons. The van der Waals surface area contributed by atoms with Crippen LogP contribution in [0.4, 0.5) is 5.69 Å². The molecule has 11 nitrogen and oxygen atoms in total. The Hall–Kier alpha value is -3.84. The minimum Gasteiger partial charge on any atom is -0.490 e. The zero-order chi connectivity index (χ0) is 24.5. The highest BCUT2D eigenvalue weighted by Gasteiger charge is 2.16. The molecule has 1 N–H and O–H groups in total. The molecule has 0 spiro atoms. The van der Waals surface area contributed by atoms with E-state index in [9.17, 15) is 19.7 Å². The second kappa shape index (κ2) is 11.9. The number of carbonyl (C=O) groups excluding carboxylic acids is 2. The van der Waals surface area contributed by atoms with E-state index in [2.05, 4.69) is 20.7 Å². The third-order valence-corrected chi connectivity index (χ3v) is 5.97. The number of benzene rings is 2. The standard InChI is InChI=1S/C21H19N5O6S2/c1-3-31-18-9-14(11-22-24-19(27)12-33-21-25-23-13(2)34-21)7-8-17(18)32-20(28)15-5-4-6-16(10-15)26(29)30/h4-11H,3,12H2,1-2H3,(H,24,27). The number of aryl methyl sites for hydroxylation is 1. The highest BCUT2D eigenvalue weighted by molar-refractivity contribution is 8.01. The van der Waals surface area contributed by atoms with Crippen LogP contribution < -0.4 is 14.9 Å². The molecule has 3 rings (SSSR count). The summed E-state index contributed by atoms with van der Waals surface area (Å²) in [6.45, 7) is 3.91. The Morgan fingerprint density at radius 3 is 2.76 bits per heavy atom. The van der Waals surface area contributed by atoms with Gasteiger partial charge < -0.3 is 9.47 Å². The van der Waals surface area contributed by atoms with Crippen LogP contribution in [0.5, 0.6) is 11.5 Å². The van der Waals surface area contributed by atoms with Gasteiger partial charge >= 0.3 is 5.97 Å². The molecule has 1 aromatic heterocycles. The number of aromatic nitrogens is 2. The van der Waals surface area contributed by atoms with E-state index in [1.807, 2.05) is 6.92 Å². The van der Waals surface area contributed by atoms with Gasteiger partial charge in [-0.1, -0.05) is 29.2 Å². The molecule has 0 bridgehead atoms. The third-order valence-electron chi connectivity index (χ3n) is 4.00. The second-order valence-electron chi connectivity index (χ2n) is 6.50. The molecule has 0 atom stereocenters. The number of carbonyl (C=O) groups is 2. The van der Waals surface area contributed by atoms with Crippen LogP contribution >= 0.6 is 23.1 Å². The van der Waals surface area contributed by atoms with Crippen LogP contribution in [0.1, 0.15) is 27.9 Å². The van der Waals surface area contributed by atoms with Crippen molar-refractivity contribution in [1.29, 1.82) is 0 Å². The normalized spacial score (nSPS) is 10.8. The van der Waals surface area contributed by atoms with Crippen LogP contribution in [0.25, 0.3) is 0 Å². The smallest absolute Gasteiger partial charge is 0.343 e. The fourth-order valence-electron chi connectivity index (χ4n) is 2.54. The van der Waals surface area contributed by atoms with E-state index >= 15 is 0 Å². The fourth-order valence-corrected chi connectivity index (χ4v) is 4.15. The van der Waals surface area contributed by atoms with Crippen molar-refractivity contribution in [3.05, 3.63) is 68.7 Å². The number of non-ortho nitro benzene ring substituents is 1. The second-order valence-corrected chi connectivity index (χ2v) is 8.91. The summed E-state index contributed by atoms with van der Waals surface area (Å²) in [5.74, 6) is -0.506. The van der Waals surface area contributed by atoms with Gasteiger partial charge in [0.15, 0.2) is 15.8 Å². The molecule has 1 amide bonds. The van der Waals surface area contributed by atoms with Gasteiger partial charge in [-0.3, -0.25) is 14.9 Å². The van der Waals surface area contributed by atoms with Crippen LogP contribution in [0, 0.1) is 17.0 Å². The number of hydrazone groups is 1. The van der Waals surface area contributed by atoms with Gasteiger partial charge in [0.25, 0.3) is 11.6 Å². The van der Waals surface area contributed by atoms with Gasteiger partial charge in [0.2, 0.25) is 0 Å². The van der Waals surface area contributed by atoms with Gasteiger partial charge in [0.1, 0.15) is 5.01 Å². The molecule has 0 aliphatic heterocycles. The molecule has 13 heteroatoms. The lowest BCUT2D eigenvalue weighted by Crippen LogP contribution is -2.19. The van der Waals surface area contributed by atoms with Gasteiger partial charge in [0, 0.05) is 12.1 Å². The number of ether oxygens (including phenoxy) is 2. The van der Waals surface area contributed by atoms with Crippen molar-refractivity contribution in [2.75, 3.05) is 12.4 Å². The third kappa shape index (κ3) is 7.08. The van der Waals surface area contributed by atoms with E-state index in [-0.39, 0.29) is 34.4 Å². The topological polar surface area (TPSA) is 146 Å². The molecular formula is C21H19N5O6S2. The number of nitrogens with zero attached hydrogens (tertiary/aromatic N) is 4. The fraction of sp³-hybridized carbons (Fsp3) is 0.190. The highest BCUT2D eigenvalue weighted by atomic mass is 32.2. The number of rotatable bonds is 10. The molecule has 34 heavy (non-hydrogen) atoms. The van der Waals surface area contributed by atoms with Crippen molar-refractivity contribution in [1.82, 2.24) is 15.6 Å². The van der Waals surface area contributed by atoms with E-state index in [4.69, 9.17) is 9.47 Å². The minimum atomic E-state index is -0.763. The molecule has 0 unspecified atom stereocenters. The molecule has 2 aromatic carbocycles. The zero-order valence-corrected chi connectivity index (χ0v) is 19.7. The number of hydrogen-bond acceptors (Lipinski definition) is 11. The van der Waals surface area contributed by atoms with Crippen LogP contribution in [0.15, 0.2) is 51.9 Å². The quantitative estimate of drug-likeness (QED) is 0.110. The maximum Gasteiger partial charge on any atom is 0.343 e. The maximum absolute atomic E-state index is 12.5. The van der Waals surface area contributed by atoms with Crippen LogP contribution in [-0.4, -0.2) is 45.6 Å². The average Bonchev–Trinajstić information content (AvgIpc) is 3.24. The molecule has 3 aromatic rings. The van der Waals surface area contributed by atoms with Crippen molar-refractivity contribution in [3.8, 4) is 11.5 Å². The summed E-state index contributed by atoms with van der Waals surface area (Å²) >= 11 is 2.67. The van der Waals surface area contributed by atoms with Crippen LogP contribution in [0.2, 0.25) is 0 Å². The Morgan fingerprint density at radius 1 is 1.24 bits per heavy atom. The number of nitro benzene ring substituents is 1. The van der Waals surface area contributed by atoms with Gasteiger partial charge in [-0.2, -0.15) is 5.10 Å². The molecule has 0 radical (unpaired) electrons. The van der Waals surface area contributed by atoms with E-state index in [1.54, 1.807) is 19.1 Å². The summed E-state index contributed by atoms with van der Waals surface area (Å²) in [4.78, 5) is 34.7. The number of nitro groups is 1. The first-order chi connectivity index (χ1) is 16.4. The van der Waals surface area contributed by atoms with Crippen molar-refractivity contribution in [2.45, 2.75) is 18.2 Å². The first kappa shape index (κ1) is 24.8. The number of thioether (sulfide) groups is 1. The first-order valence-electron chi connectivity index (χ1n) is 9.84. The molecule has 0 saturated carbocycles. The van der Waals surface area contributed by atoms with Gasteiger partial charge in [-0.15, -0.1) is 10.2 Å². The van der Waals surface area contributed by atoms with E-state index in [0.717, 1.165) is 11.1 Å². The van der Waals surface area contributed by atoms with Gasteiger partial charge in [-0.05, 0) is 43.7 Å². The maximum atomic E-state index is 12.5. The summed E-state index contributed by atoms with van der Waals surface area (Å²) in [5, 5.41) is 23.5. The summed E-state index contributed by atoms with van der Waals surface area (Å²) < 4.78 is 11.6. The zero-order valence-electron chi connectivity index (χ0n) is 18.1. The number of esters is 1. The molecule has 0 saturated heterocycles. The van der Waals surface area contributed by atoms with E-state index in [0.29, 0.717) is 16.5 Å². The van der Waals surface area contributed by atoms with Crippen LogP contribution in [-0.2, 0) is 4.79 Å². The Morgan fingerprint density at radius 2 is 2.06 bits per heavy atom. The van der Waals surface area contributed by atoms with Crippen molar-refractivity contribution < 1.29 is 24.0 Å². The predicted octanol–water partition coefficient (Wildman–Crippen LogP) is 3.62. The number of hydrogen-bond donors (Lipinski definition) is 1. The SMILES string of the molecule is CCOc1cc(C=NNC(=O)CSc2nnc(C)s2)ccc1OC(=O)c1cccc([N+](=O)[O-])c1. The Bertz CT molecular complexity index is 1230. The summed E-state index contributed by atoms with van der Waals surface area (Å²) in [6, 6.07) is 9.96. The van der Waals surface area contributed by atoms with Gasteiger partial charge in [0.05, 0.1) is 29.1 Å². The Kier molecular flexibility index (Phi) is 8.65. The molecule has 0 fully saturated rings. The minimum absolute atomic E-state index is 0.0339. The van der Waals surface area contributed by atoms with Crippen LogP contribution in [0.3, 0.4) is 0 Å². The van der Waals surface area contributed by atoms with Crippen molar-refractivity contribution in [3.63, 3.8) is 0 Å². The predicted molar refractivity (Wildman–Crippen MR) is 127 cm³/mol. The van der Waals surface area contributed by atoms with Crippen molar-refractivity contribution >= 4 is 46.9 Å². The van der Waals surface area contributed by atoms with E-state index in [1.165, 1.54) is 53.6 Å². The summed E-state index contributed by atoms with van der Waals surface area (Å²) in [5.41, 5.74) is 2.83. The van der Waals surface area contributed by atoms with Gasteiger partial charge in [-0.25, -0.2) is 10.2 Å². The first-order valence-corrected chi connectivity index (χ1v) is 11.6. The average molecular weight is 502 g/mol.